The Morgan fingerprint density at radius 3 is 2.35 bits per heavy atom. The lowest BCUT2D eigenvalue weighted by Crippen LogP contribution is -2.45. The van der Waals surface area contributed by atoms with Crippen LogP contribution in [0.5, 0.6) is 5.75 Å². The molecular weight excluding hydrogens is 426 g/mol. The van der Waals surface area contributed by atoms with E-state index < -0.39 is 0 Å². The van der Waals surface area contributed by atoms with Crippen LogP contribution in [0.25, 0.3) is 0 Å². The smallest absolute Gasteiger partial charge is 0.269 e. The number of benzene rings is 2. The predicted molar refractivity (Wildman–Crippen MR) is 130 cm³/mol. The fourth-order valence-corrected chi connectivity index (χ4v) is 5.81. The van der Waals surface area contributed by atoms with Gasteiger partial charge in [-0.2, -0.15) is 0 Å². The summed E-state index contributed by atoms with van der Waals surface area (Å²) in [5.74, 6) is 1.54. The van der Waals surface area contributed by atoms with E-state index in [-0.39, 0.29) is 17.3 Å². The van der Waals surface area contributed by atoms with Crippen LogP contribution < -0.4 is 21.3 Å². The molecule has 0 spiro atoms. The van der Waals surface area contributed by atoms with Crippen LogP contribution in [0, 0.1) is 17.2 Å². The van der Waals surface area contributed by atoms with Crippen LogP contribution in [-0.2, 0) is 12.0 Å². The molecule has 7 heteroatoms. The molecule has 5 rings (SSSR count). The van der Waals surface area contributed by atoms with Crippen molar-refractivity contribution in [1.82, 2.24) is 15.8 Å². The number of fused-ring (bicyclic) bond motifs is 2. The Morgan fingerprint density at radius 1 is 1.03 bits per heavy atom. The van der Waals surface area contributed by atoms with E-state index >= 15 is 0 Å². The minimum Gasteiger partial charge on any atom is -0.487 e. The normalized spacial score (nSPS) is 22.8. The van der Waals surface area contributed by atoms with Gasteiger partial charge in [0.1, 0.15) is 12.4 Å². The van der Waals surface area contributed by atoms with Crippen LogP contribution in [0.15, 0.2) is 72.9 Å². The van der Waals surface area contributed by atoms with E-state index in [4.69, 9.17) is 15.9 Å². The Morgan fingerprint density at radius 2 is 1.76 bits per heavy atom. The summed E-state index contributed by atoms with van der Waals surface area (Å²) >= 11 is 0. The molecule has 2 aliphatic rings. The summed E-state index contributed by atoms with van der Waals surface area (Å²) in [7, 11) is 0. The molecule has 7 nitrogen and oxygen atoms in total. The maximum Gasteiger partial charge on any atom is 0.269 e. The number of carbonyl (C=O) groups excluding carboxylic acids is 1. The summed E-state index contributed by atoms with van der Waals surface area (Å²) in [6.45, 7) is 0.443. The van der Waals surface area contributed by atoms with E-state index in [1.807, 2.05) is 30.3 Å². The zero-order valence-corrected chi connectivity index (χ0v) is 19.0. The Hall–Kier alpha value is -3.87. The number of nitrogens with one attached hydrogen (secondary N) is 3. The minimum absolute atomic E-state index is 0.0466. The minimum atomic E-state index is -0.321. The molecule has 0 aliphatic heterocycles. The Balaban J connectivity index is 1.38. The molecule has 3 unspecified atom stereocenters. The zero-order valence-electron chi connectivity index (χ0n) is 19.0. The molecule has 2 aliphatic carbocycles. The lowest BCUT2D eigenvalue weighted by atomic mass is 9.64. The number of carbonyl (C=O) groups is 1. The van der Waals surface area contributed by atoms with Gasteiger partial charge in [0, 0.05) is 17.2 Å². The van der Waals surface area contributed by atoms with Gasteiger partial charge in [0.15, 0.2) is 0 Å². The van der Waals surface area contributed by atoms with Crippen molar-refractivity contribution in [2.24, 2.45) is 17.6 Å². The maximum absolute atomic E-state index is 12.3. The summed E-state index contributed by atoms with van der Waals surface area (Å²) in [6.07, 6.45) is 6.68. The lowest BCUT2D eigenvalue weighted by molar-refractivity contribution is 0.0943. The maximum atomic E-state index is 12.3. The molecular formula is C27H29N5O2. The van der Waals surface area contributed by atoms with E-state index in [9.17, 15) is 4.79 Å². The first-order valence-corrected chi connectivity index (χ1v) is 11.7. The number of nitrogens with zero attached hydrogens (tertiary/aromatic N) is 1. The van der Waals surface area contributed by atoms with Crippen molar-refractivity contribution >= 4 is 11.9 Å². The highest BCUT2D eigenvalue weighted by Crippen LogP contribution is 2.60. The number of hydrogen-bond donors (Lipinski definition) is 4. The number of aromatic nitrogens is 1. The quantitative estimate of drug-likeness (QED) is 0.256. The van der Waals surface area contributed by atoms with Gasteiger partial charge in [-0.3, -0.25) is 26.0 Å². The highest BCUT2D eigenvalue weighted by Gasteiger charge is 2.52. The largest absolute Gasteiger partial charge is 0.487 e. The zero-order chi connectivity index (χ0) is 23.5. The second-order valence-electron chi connectivity index (χ2n) is 9.26. The molecule has 0 radical (unpaired) electrons. The number of ether oxygens (including phenoxy) is 1. The van der Waals surface area contributed by atoms with Crippen LogP contribution in [-0.4, -0.2) is 16.9 Å². The van der Waals surface area contributed by atoms with Gasteiger partial charge in [-0.25, -0.2) is 0 Å². The number of amides is 1. The number of rotatable bonds is 6. The first-order chi connectivity index (χ1) is 16.5. The molecule has 1 heterocycles. The summed E-state index contributed by atoms with van der Waals surface area (Å²) in [6, 6.07) is 22.2. The van der Waals surface area contributed by atoms with E-state index in [2.05, 4.69) is 52.2 Å². The predicted octanol–water partition coefficient (Wildman–Crippen LogP) is 3.89. The standard InChI is InChI=1S/C27H29N5O2/c28-26(29)32-31-25(33)19-5-8-20(9-6-19)27(16-18-4-7-22(27)15-18)21-10-12-24(13-11-21)34-17-23-3-1-2-14-30-23/h1-3,5-6,8-14,18,22H,4,7,15-17H2,(H,31,33)(H4,28,29,32). The molecule has 174 valence electrons. The Bertz CT molecular complexity index is 1160. The van der Waals surface area contributed by atoms with Crippen molar-refractivity contribution in [3.8, 4) is 5.75 Å². The number of hydrogen-bond acceptors (Lipinski definition) is 4. The lowest BCUT2D eigenvalue weighted by Gasteiger charge is -2.39. The molecule has 3 aromatic rings. The first kappa shape index (κ1) is 21.9. The van der Waals surface area contributed by atoms with Crippen LogP contribution >= 0.6 is 0 Å². The molecule has 2 saturated carbocycles. The van der Waals surface area contributed by atoms with E-state index in [1.54, 1.807) is 6.20 Å². The number of nitrogens with two attached hydrogens (primary N) is 1. The highest BCUT2D eigenvalue weighted by atomic mass is 16.5. The molecule has 1 amide bonds. The van der Waals surface area contributed by atoms with E-state index in [1.165, 1.54) is 30.4 Å². The number of hydrazine groups is 1. The van der Waals surface area contributed by atoms with Crippen molar-refractivity contribution in [1.29, 1.82) is 5.41 Å². The topological polar surface area (TPSA) is 113 Å². The summed E-state index contributed by atoms with van der Waals surface area (Å²) in [5, 5.41) is 7.19. The van der Waals surface area contributed by atoms with Gasteiger partial charge in [0.25, 0.3) is 5.91 Å². The van der Waals surface area contributed by atoms with Crippen molar-refractivity contribution in [3.63, 3.8) is 0 Å². The first-order valence-electron chi connectivity index (χ1n) is 11.7. The fourth-order valence-electron chi connectivity index (χ4n) is 5.81. The Kier molecular flexibility index (Phi) is 5.92. The highest BCUT2D eigenvalue weighted by molar-refractivity contribution is 5.95. The van der Waals surface area contributed by atoms with E-state index in [0.29, 0.717) is 18.1 Å². The van der Waals surface area contributed by atoms with Gasteiger partial charge in [0.05, 0.1) is 5.69 Å². The van der Waals surface area contributed by atoms with Crippen molar-refractivity contribution < 1.29 is 9.53 Å². The van der Waals surface area contributed by atoms with E-state index in [0.717, 1.165) is 23.8 Å². The van der Waals surface area contributed by atoms with Gasteiger partial charge >= 0.3 is 0 Å². The van der Waals surface area contributed by atoms with Gasteiger partial charge in [0.2, 0.25) is 5.96 Å². The van der Waals surface area contributed by atoms with Crippen molar-refractivity contribution in [2.45, 2.75) is 37.7 Å². The molecule has 5 N–H and O–H groups in total. The third-order valence-electron chi connectivity index (χ3n) is 7.30. The molecule has 34 heavy (non-hydrogen) atoms. The summed E-state index contributed by atoms with van der Waals surface area (Å²) in [4.78, 5) is 16.6. The van der Waals surface area contributed by atoms with Crippen LogP contribution in [0.1, 0.15) is 52.9 Å². The van der Waals surface area contributed by atoms with Gasteiger partial charge in [-0.05, 0) is 78.6 Å². The SMILES string of the molecule is N=C(N)NNC(=O)c1ccc(C2(c3ccc(OCc4ccccn4)cc3)CC3CCC2C3)cc1. The molecule has 3 atom stereocenters. The second kappa shape index (κ2) is 9.17. The average molecular weight is 456 g/mol. The van der Waals surface area contributed by atoms with Crippen LogP contribution in [0.4, 0.5) is 0 Å². The molecule has 2 aromatic carbocycles. The van der Waals surface area contributed by atoms with Gasteiger partial charge in [-0.15, -0.1) is 0 Å². The fraction of sp³-hybridized carbons (Fsp3) is 0.296. The summed E-state index contributed by atoms with van der Waals surface area (Å²) in [5.41, 5.74) is 13.9. The second-order valence-corrected chi connectivity index (χ2v) is 9.26. The van der Waals surface area contributed by atoms with Crippen molar-refractivity contribution in [3.05, 3.63) is 95.3 Å². The third-order valence-corrected chi connectivity index (χ3v) is 7.30. The monoisotopic (exact) mass is 455 g/mol. The van der Waals surface area contributed by atoms with Gasteiger partial charge < -0.3 is 10.5 Å². The molecule has 2 bridgehead atoms. The molecule has 0 saturated heterocycles. The number of guanidine groups is 1. The Labute approximate surface area is 199 Å². The third kappa shape index (κ3) is 4.21. The van der Waals surface area contributed by atoms with Crippen LogP contribution in [0.3, 0.4) is 0 Å². The number of pyridine rings is 1. The molecule has 2 fully saturated rings. The average Bonchev–Trinajstić information content (AvgIpc) is 3.49. The van der Waals surface area contributed by atoms with Crippen LogP contribution in [0.2, 0.25) is 0 Å². The summed E-state index contributed by atoms with van der Waals surface area (Å²) < 4.78 is 5.96. The van der Waals surface area contributed by atoms with Crippen molar-refractivity contribution in [2.75, 3.05) is 0 Å². The van der Waals surface area contributed by atoms with Gasteiger partial charge in [-0.1, -0.05) is 36.8 Å². The molecule has 1 aromatic heterocycles.